The van der Waals surface area contributed by atoms with Crippen LogP contribution in [0.4, 0.5) is 0 Å². The Kier molecular flexibility index (Phi) is 5.84. The molecule has 118 valence electrons. The number of morpholine rings is 1. The first kappa shape index (κ1) is 16.2. The Labute approximate surface area is 123 Å². The Balaban J connectivity index is 1.73. The number of hydrogen-bond donors (Lipinski definition) is 2. The van der Waals surface area contributed by atoms with Gasteiger partial charge >= 0.3 is 0 Å². The highest BCUT2D eigenvalue weighted by molar-refractivity contribution is 4.86. The Morgan fingerprint density at radius 1 is 1.25 bits per heavy atom. The maximum absolute atomic E-state index is 10.6. The zero-order valence-electron chi connectivity index (χ0n) is 13.4. The van der Waals surface area contributed by atoms with Crippen molar-refractivity contribution in [2.75, 3.05) is 39.4 Å². The molecule has 4 nitrogen and oxygen atoms in total. The highest BCUT2D eigenvalue weighted by Gasteiger charge is 2.29. The normalized spacial score (nSPS) is 35.7. The predicted molar refractivity (Wildman–Crippen MR) is 81.9 cm³/mol. The van der Waals surface area contributed by atoms with E-state index in [9.17, 15) is 5.11 Å². The van der Waals surface area contributed by atoms with Crippen LogP contribution in [0.5, 0.6) is 0 Å². The van der Waals surface area contributed by atoms with E-state index in [1.807, 2.05) is 6.92 Å². The number of rotatable bonds is 5. The summed E-state index contributed by atoms with van der Waals surface area (Å²) in [5.41, 5.74) is -0.653. The molecule has 4 atom stereocenters. The highest BCUT2D eigenvalue weighted by Crippen LogP contribution is 2.28. The largest absolute Gasteiger partial charge is 0.388 e. The Bertz CT molecular complexity index is 290. The van der Waals surface area contributed by atoms with Gasteiger partial charge in [0.15, 0.2) is 0 Å². The summed E-state index contributed by atoms with van der Waals surface area (Å²) in [6.07, 6.45) is 3.87. The van der Waals surface area contributed by atoms with Crippen molar-refractivity contribution in [3.63, 3.8) is 0 Å². The zero-order chi connectivity index (χ0) is 14.6. The minimum absolute atomic E-state index is 0.572. The van der Waals surface area contributed by atoms with Crippen molar-refractivity contribution in [3.05, 3.63) is 0 Å². The summed E-state index contributed by atoms with van der Waals surface area (Å²) < 4.78 is 5.35. The van der Waals surface area contributed by atoms with E-state index in [0.29, 0.717) is 12.6 Å². The minimum atomic E-state index is -0.653. The lowest BCUT2D eigenvalue weighted by molar-refractivity contribution is -0.0242. The minimum Gasteiger partial charge on any atom is -0.388 e. The lowest BCUT2D eigenvalue weighted by atomic mass is 9.79. The maximum atomic E-state index is 10.6. The molecule has 0 aromatic heterocycles. The molecule has 1 saturated heterocycles. The number of nitrogens with one attached hydrogen (secondary N) is 1. The van der Waals surface area contributed by atoms with E-state index in [0.717, 1.165) is 44.7 Å². The quantitative estimate of drug-likeness (QED) is 0.803. The average Bonchev–Trinajstić information content (AvgIpc) is 2.38. The van der Waals surface area contributed by atoms with Gasteiger partial charge in [0.1, 0.15) is 0 Å². The fraction of sp³-hybridized carbons (Fsp3) is 1.00. The maximum Gasteiger partial charge on any atom is 0.0869 e. The van der Waals surface area contributed by atoms with Gasteiger partial charge in [-0.05, 0) is 38.0 Å². The van der Waals surface area contributed by atoms with Crippen LogP contribution in [-0.2, 0) is 4.74 Å². The van der Waals surface area contributed by atoms with Gasteiger partial charge in [-0.2, -0.15) is 0 Å². The highest BCUT2D eigenvalue weighted by atomic mass is 16.5. The lowest BCUT2D eigenvalue weighted by Gasteiger charge is -2.38. The van der Waals surface area contributed by atoms with Crippen LogP contribution < -0.4 is 5.32 Å². The number of β-amino-alcohol motifs (C(OH)–C–C–N with tert-alkyl or cyclic N) is 1. The second kappa shape index (κ2) is 7.21. The predicted octanol–water partition coefficient (Wildman–Crippen LogP) is 1.48. The smallest absolute Gasteiger partial charge is 0.0869 e. The SMILES string of the molecule is CC1CCC(NCC(C)(O)CN2CCOCC2)C(C)C1. The number of aliphatic hydroxyl groups is 1. The van der Waals surface area contributed by atoms with E-state index in [-0.39, 0.29) is 0 Å². The standard InChI is InChI=1S/C16H32N2O2/c1-13-4-5-15(14(2)10-13)17-11-16(3,19)12-18-6-8-20-9-7-18/h13-15,17,19H,4-12H2,1-3H3. The zero-order valence-corrected chi connectivity index (χ0v) is 13.4. The van der Waals surface area contributed by atoms with Crippen LogP contribution in [0.15, 0.2) is 0 Å². The fourth-order valence-corrected chi connectivity index (χ4v) is 3.62. The van der Waals surface area contributed by atoms with Crippen LogP contribution in [0.3, 0.4) is 0 Å². The molecular weight excluding hydrogens is 252 g/mol. The molecule has 2 fully saturated rings. The second-order valence-electron chi connectivity index (χ2n) is 7.27. The molecule has 0 amide bonds. The monoisotopic (exact) mass is 284 g/mol. The van der Waals surface area contributed by atoms with Crippen LogP contribution in [0.2, 0.25) is 0 Å². The Morgan fingerprint density at radius 3 is 2.60 bits per heavy atom. The van der Waals surface area contributed by atoms with E-state index in [4.69, 9.17) is 4.74 Å². The van der Waals surface area contributed by atoms with Crippen molar-refractivity contribution < 1.29 is 9.84 Å². The molecule has 4 heteroatoms. The van der Waals surface area contributed by atoms with Gasteiger partial charge in [-0.3, -0.25) is 4.90 Å². The summed E-state index contributed by atoms with van der Waals surface area (Å²) in [7, 11) is 0. The van der Waals surface area contributed by atoms with Gasteiger partial charge in [0.25, 0.3) is 0 Å². The van der Waals surface area contributed by atoms with Crippen LogP contribution in [0.25, 0.3) is 0 Å². The molecule has 0 spiro atoms. The van der Waals surface area contributed by atoms with E-state index in [1.54, 1.807) is 0 Å². The van der Waals surface area contributed by atoms with E-state index < -0.39 is 5.60 Å². The Morgan fingerprint density at radius 2 is 1.95 bits per heavy atom. The molecular formula is C16H32N2O2. The van der Waals surface area contributed by atoms with Gasteiger partial charge < -0.3 is 15.2 Å². The van der Waals surface area contributed by atoms with Gasteiger partial charge in [0.2, 0.25) is 0 Å². The van der Waals surface area contributed by atoms with Gasteiger partial charge in [-0.1, -0.05) is 13.8 Å². The number of nitrogens with zero attached hydrogens (tertiary/aromatic N) is 1. The van der Waals surface area contributed by atoms with E-state index >= 15 is 0 Å². The molecule has 20 heavy (non-hydrogen) atoms. The topological polar surface area (TPSA) is 44.7 Å². The Hall–Kier alpha value is -0.160. The molecule has 2 N–H and O–H groups in total. The van der Waals surface area contributed by atoms with Crippen molar-refractivity contribution >= 4 is 0 Å². The molecule has 0 aromatic carbocycles. The third kappa shape index (κ3) is 4.99. The molecule has 0 bridgehead atoms. The summed E-state index contributed by atoms with van der Waals surface area (Å²) in [5, 5.41) is 14.2. The first-order chi connectivity index (χ1) is 9.46. The van der Waals surface area contributed by atoms with Crippen molar-refractivity contribution in [3.8, 4) is 0 Å². The van der Waals surface area contributed by atoms with Gasteiger partial charge in [0, 0.05) is 32.2 Å². The van der Waals surface area contributed by atoms with Gasteiger partial charge in [-0.25, -0.2) is 0 Å². The van der Waals surface area contributed by atoms with E-state index in [1.165, 1.54) is 19.3 Å². The molecule has 4 unspecified atom stereocenters. The van der Waals surface area contributed by atoms with Crippen molar-refractivity contribution in [1.29, 1.82) is 0 Å². The van der Waals surface area contributed by atoms with Crippen molar-refractivity contribution in [2.45, 2.75) is 51.7 Å². The fourth-order valence-electron chi connectivity index (χ4n) is 3.62. The lowest BCUT2D eigenvalue weighted by Crippen LogP contribution is -2.53. The van der Waals surface area contributed by atoms with Crippen LogP contribution >= 0.6 is 0 Å². The molecule has 1 aliphatic carbocycles. The first-order valence-electron chi connectivity index (χ1n) is 8.22. The summed E-state index contributed by atoms with van der Waals surface area (Å²) in [5.74, 6) is 1.58. The number of hydrogen-bond acceptors (Lipinski definition) is 4. The first-order valence-corrected chi connectivity index (χ1v) is 8.22. The van der Waals surface area contributed by atoms with Gasteiger partial charge in [0.05, 0.1) is 18.8 Å². The molecule has 2 aliphatic rings. The van der Waals surface area contributed by atoms with Crippen molar-refractivity contribution in [2.24, 2.45) is 11.8 Å². The molecule has 1 aliphatic heterocycles. The average molecular weight is 284 g/mol. The second-order valence-corrected chi connectivity index (χ2v) is 7.27. The third-order valence-corrected chi connectivity index (χ3v) is 4.84. The molecule has 0 aromatic rings. The molecule has 1 heterocycles. The molecule has 2 rings (SSSR count). The number of ether oxygens (including phenoxy) is 1. The van der Waals surface area contributed by atoms with Gasteiger partial charge in [-0.15, -0.1) is 0 Å². The van der Waals surface area contributed by atoms with Crippen LogP contribution in [0, 0.1) is 11.8 Å². The molecule has 0 radical (unpaired) electrons. The molecule has 1 saturated carbocycles. The van der Waals surface area contributed by atoms with Crippen LogP contribution in [0.1, 0.15) is 40.0 Å². The third-order valence-electron chi connectivity index (χ3n) is 4.84. The summed E-state index contributed by atoms with van der Waals surface area (Å²) in [6, 6.07) is 0.572. The summed E-state index contributed by atoms with van der Waals surface area (Å²) in [6.45, 7) is 11.5. The van der Waals surface area contributed by atoms with E-state index in [2.05, 4.69) is 24.1 Å². The summed E-state index contributed by atoms with van der Waals surface area (Å²) in [4.78, 5) is 2.30. The van der Waals surface area contributed by atoms with Crippen molar-refractivity contribution in [1.82, 2.24) is 10.2 Å². The van der Waals surface area contributed by atoms with Crippen LogP contribution in [-0.4, -0.2) is 61.0 Å². The summed E-state index contributed by atoms with van der Waals surface area (Å²) >= 11 is 0.